The fraction of sp³-hybridized carbons (Fsp3) is 0.300. The van der Waals surface area contributed by atoms with E-state index in [1.807, 2.05) is 29.7 Å². The SMILES string of the molecule is CCCc1nc2ccc(C)cn2c1C(=O)Nc1cc(OC)ccc1OC. The number of aromatic nitrogens is 2. The van der Waals surface area contributed by atoms with Crippen LogP contribution in [-0.4, -0.2) is 29.5 Å². The molecule has 0 atom stereocenters. The summed E-state index contributed by atoms with van der Waals surface area (Å²) in [6.07, 6.45) is 3.57. The van der Waals surface area contributed by atoms with Crippen molar-refractivity contribution in [3.63, 3.8) is 0 Å². The van der Waals surface area contributed by atoms with Crippen LogP contribution >= 0.6 is 0 Å². The highest BCUT2D eigenvalue weighted by molar-refractivity contribution is 6.05. The standard InChI is InChI=1S/C20H23N3O3/c1-5-6-15-19(23-12-13(2)7-10-18(23)21-15)20(24)22-16-11-14(25-3)8-9-17(16)26-4/h7-12H,5-6H2,1-4H3,(H,22,24). The van der Waals surface area contributed by atoms with Crippen molar-refractivity contribution in [3.8, 4) is 11.5 Å². The number of carbonyl (C=O) groups excluding carboxylic acids is 1. The molecule has 3 aromatic rings. The molecule has 0 unspecified atom stereocenters. The number of ether oxygens (including phenoxy) is 2. The molecular weight excluding hydrogens is 330 g/mol. The van der Waals surface area contributed by atoms with Crippen LogP contribution in [0.15, 0.2) is 36.5 Å². The van der Waals surface area contributed by atoms with Gasteiger partial charge in [0, 0.05) is 12.3 Å². The first-order chi connectivity index (χ1) is 12.6. The van der Waals surface area contributed by atoms with Crippen molar-refractivity contribution < 1.29 is 14.3 Å². The van der Waals surface area contributed by atoms with Crippen molar-refractivity contribution in [2.24, 2.45) is 0 Å². The molecule has 1 aromatic carbocycles. The fourth-order valence-electron chi connectivity index (χ4n) is 2.94. The van der Waals surface area contributed by atoms with E-state index in [0.717, 1.165) is 29.7 Å². The second-order valence-electron chi connectivity index (χ2n) is 6.11. The third kappa shape index (κ3) is 3.35. The Bertz CT molecular complexity index is 947. The summed E-state index contributed by atoms with van der Waals surface area (Å²) in [6.45, 7) is 4.06. The van der Waals surface area contributed by atoms with Crippen molar-refractivity contribution in [1.29, 1.82) is 0 Å². The van der Waals surface area contributed by atoms with Crippen LogP contribution in [0.1, 0.15) is 35.1 Å². The van der Waals surface area contributed by atoms with E-state index in [2.05, 4.69) is 17.2 Å². The molecule has 0 aliphatic carbocycles. The van der Waals surface area contributed by atoms with Crippen LogP contribution < -0.4 is 14.8 Å². The fourth-order valence-corrected chi connectivity index (χ4v) is 2.94. The van der Waals surface area contributed by atoms with E-state index in [9.17, 15) is 4.79 Å². The third-order valence-corrected chi connectivity index (χ3v) is 4.20. The number of nitrogens with one attached hydrogen (secondary N) is 1. The number of amides is 1. The van der Waals surface area contributed by atoms with Crippen LogP contribution in [0.3, 0.4) is 0 Å². The molecule has 0 spiro atoms. The number of hydrogen-bond acceptors (Lipinski definition) is 4. The second kappa shape index (κ2) is 7.47. The lowest BCUT2D eigenvalue weighted by molar-refractivity contribution is 0.102. The number of pyridine rings is 1. The summed E-state index contributed by atoms with van der Waals surface area (Å²) in [5, 5.41) is 2.94. The normalized spacial score (nSPS) is 10.8. The highest BCUT2D eigenvalue weighted by Crippen LogP contribution is 2.29. The van der Waals surface area contributed by atoms with Gasteiger partial charge in [0.1, 0.15) is 22.8 Å². The smallest absolute Gasteiger partial charge is 0.274 e. The van der Waals surface area contributed by atoms with Crippen LogP contribution in [0.5, 0.6) is 11.5 Å². The minimum atomic E-state index is -0.224. The number of anilines is 1. The number of benzene rings is 1. The topological polar surface area (TPSA) is 64.9 Å². The summed E-state index contributed by atoms with van der Waals surface area (Å²) < 4.78 is 12.5. The zero-order chi connectivity index (χ0) is 18.7. The number of rotatable bonds is 6. The predicted molar refractivity (Wildman–Crippen MR) is 101 cm³/mol. The van der Waals surface area contributed by atoms with Gasteiger partial charge in [0.25, 0.3) is 5.91 Å². The van der Waals surface area contributed by atoms with E-state index in [0.29, 0.717) is 22.9 Å². The maximum atomic E-state index is 13.1. The molecule has 0 aliphatic heterocycles. The summed E-state index contributed by atoms with van der Waals surface area (Å²) in [6, 6.07) is 9.21. The minimum absolute atomic E-state index is 0.224. The predicted octanol–water partition coefficient (Wildman–Crippen LogP) is 3.86. The van der Waals surface area contributed by atoms with Gasteiger partial charge >= 0.3 is 0 Å². The van der Waals surface area contributed by atoms with Crippen molar-refractivity contribution in [1.82, 2.24) is 9.38 Å². The van der Waals surface area contributed by atoms with E-state index in [-0.39, 0.29) is 5.91 Å². The lowest BCUT2D eigenvalue weighted by atomic mass is 10.2. The number of methoxy groups -OCH3 is 2. The summed E-state index contributed by atoms with van der Waals surface area (Å²) >= 11 is 0. The molecule has 2 aromatic heterocycles. The van der Waals surface area contributed by atoms with E-state index >= 15 is 0 Å². The Morgan fingerprint density at radius 1 is 1.19 bits per heavy atom. The molecule has 0 bridgehead atoms. The third-order valence-electron chi connectivity index (χ3n) is 4.20. The van der Waals surface area contributed by atoms with Gasteiger partial charge in [0.2, 0.25) is 0 Å². The number of fused-ring (bicyclic) bond motifs is 1. The number of aryl methyl sites for hydroxylation is 2. The highest BCUT2D eigenvalue weighted by atomic mass is 16.5. The zero-order valence-electron chi connectivity index (χ0n) is 15.5. The lowest BCUT2D eigenvalue weighted by Gasteiger charge is -2.12. The molecule has 26 heavy (non-hydrogen) atoms. The van der Waals surface area contributed by atoms with Crippen LogP contribution in [-0.2, 0) is 6.42 Å². The van der Waals surface area contributed by atoms with Gasteiger partial charge < -0.3 is 14.8 Å². The van der Waals surface area contributed by atoms with Crippen molar-refractivity contribution in [2.75, 3.05) is 19.5 Å². The van der Waals surface area contributed by atoms with Gasteiger partial charge in [-0.2, -0.15) is 0 Å². The quantitative estimate of drug-likeness (QED) is 0.731. The first-order valence-electron chi connectivity index (χ1n) is 8.58. The molecule has 3 rings (SSSR count). The Hall–Kier alpha value is -3.02. The average molecular weight is 353 g/mol. The lowest BCUT2D eigenvalue weighted by Crippen LogP contribution is -2.17. The van der Waals surface area contributed by atoms with E-state index in [1.54, 1.807) is 32.4 Å². The van der Waals surface area contributed by atoms with E-state index < -0.39 is 0 Å². The van der Waals surface area contributed by atoms with Crippen molar-refractivity contribution in [3.05, 3.63) is 53.5 Å². The Kier molecular flexibility index (Phi) is 5.11. The maximum Gasteiger partial charge on any atom is 0.274 e. The second-order valence-corrected chi connectivity index (χ2v) is 6.11. The first-order valence-corrected chi connectivity index (χ1v) is 8.58. The molecule has 0 fully saturated rings. The molecule has 0 radical (unpaired) electrons. The Balaban J connectivity index is 2.05. The summed E-state index contributed by atoms with van der Waals surface area (Å²) in [5.41, 5.74) is 3.72. The largest absolute Gasteiger partial charge is 0.497 e. The summed E-state index contributed by atoms with van der Waals surface area (Å²) in [7, 11) is 3.15. The molecule has 6 heteroatoms. The van der Waals surface area contributed by atoms with Gasteiger partial charge in [-0.05, 0) is 37.1 Å². The van der Waals surface area contributed by atoms with E-state index in [4.69, 9.17) is 9.47 Å². The summed E-state index contributed by atoms with van der Waals surface area (Å²) in [5.74, 6) is 0.989. The first kappa shape index (κ1) is 17.8. The van der Waals surface area contributed by atoms with Crippen molar-refractivity contribution >= 4 is 17.2 Å². The van der Waals surface area contributed by atoms with Gasteiger partial charge in [-0.3, -0.25) is 9.20 Å². The molecule has 1 N–H and O–H groups in total. The van der Waals surface area contributed by atoms with Crippen LogP contribution in [0, 0.1) is 6.92 Å². The number of nitrogens with zero attached hydrogens (tertiary/aromatic N) is 2. The van der Waals surface area contributed by atoms with Crippen molar-refractivity contribution in [2.45, 2.75) is 26.7 Å². The molecule has 1 amide bonds. The van der Waals surface area contributed by atoms with Gasteiger partial charge in [-0.15, -0.1) is 0 Å². The number of hydrogen-bond donors (Lipinski definition) is 1. The van der Waals surface area contributed by atoms with Crippen LogP contribution in [0.4, 0.5) is 5.69 Å². The van der Waals surface area contributed by atoms with Gasteiger partial charge in [-0.1, -0.05) is 19.4 Å². The average Bonchev–Trinajstić information content (AvgIpc) is 2.99. The number of imidazole rings is 1. The molecular formula is C20H23N3O3. The molecule has 0 aliphatic rings. The molecule has 6 nitrogen and oxygen atoms in total. The van der Waals surface area contributed by atoms with Crippen LogP contribution in [0.2, 0.25) is 0 Å². The Morgan fingerprint density at radius 2 is 2.00 bits per heavy atom. The Morgan fingerprint density at radius 3 is 2.69 bits per heavy atom. The van der Waals surface area contributed by atoms with Gasteiger partial charge in [0.05, 0.1) is 25.6 Å². The molecule has 0 saturated carbocycles. The molecule has 136 valence electrons. The van der Waals surface area contributed by atoms with Gasteiger partial charge in [-0.25, -0.2) is 4.98 Å². The monoisotopic (exact) mass is 353 g/mol. The molecule has 0 saturated heterocycles. The van der Waals surface area contributed by atoms with Crippen LogP contribution in [0.25, 0.3) is 5.65 Å². The highest BCUT2D eigenvalue weighted by Gasteiger charge is 2.20. The minimum Gasteiger partial charge on any atom is -0.497 e. The molecule has 2 heterocycles. The number of carbonyl (C=O) groups is 1. The zero-order valence-corrected chi connectivity index (χ0v) is 15.5. The summed E-state index contributed by atoms with van der Waals surface area (Å²) in [4.78, 5) is 17.7. The van der Waals surface area contributed by atoms with Gasteiger partial charge in [0.15, 0.2) is 0 Å². The van der Waals surface area contributed by atoms with E-state index in [1.165, 1.54) is 0 Å². The maximum absolute atomic E-state index is 13.1. The Labute approximate surface area is 152 Å².